The van der Waals surface area contributed by atoms with E-state index in [1.165, 1.54) is 116 Å². The molecule has 2 aromatic rings. The number of carbonyl (C=O) groups is 4. The molecule has 1 unspecified atom stereocenters. The number of phosphoric acid groups is 1. The van der Waals surface area contributed by atoms with Crippen LogP contribution in [0, 0.1) is 11.8 Å². The third kappa shape index (κ3) is 28.4. The molecule has 2 amide bonds. The average Bonchev–Trinajstić information content (AvgIpc) is 3.34. The molecule has 1 heterocycles. The SMILES string of the molecule is CCCCCCCCCCCCCCCC(=O)OC[C@H](COP(=O)([O-])OCCNC(=O)CCC(=O)N1Cc2ccccc2C#Cc2ccccc21)OC(=O)CCCCCCCCCCCCCCC. The molecule has 0 saturated carbocycles. The monoisotopic (exact) mass is 978 g/mol. The van der Waals surface area contributed by atoms with Gasteiger partial charge < -0.3 is 33.6 Å². The summed E-state index contributed by atoms with van der Waals surface area (Å²) < 4.78 is 33.8. The maximum absolute atomic E-state index is 13.5. The fourth-order valence-electron chi connectivity index (χ4n) is 8.40. The van der Waals surface area contributed by atoms with Crippen molar-refractivity contribution in [1.29, 1.82) is 0 Å². The van der Waals surface area contributed by atoms with Gasteiger partial charge in [-0.15, -0.1) is 0 Å². The fourth-order valence-corrected chi connectivity index (χ4v) is 9.14. The van der Waals surface area contributed by atoms with Crippen LogP contribution < -0.4 is 15.1 Å². The van der Waals surface area contributed by atoms with Crippen molar-refractivity contribution in [2.75, 3.05) is 31.3 Å². The quantitative estimate of drug-likeness (QED) is 0.0294. The molecule has 0 radical (unpaired) electrons. The molecule has 0 bridgehead atoms. The van der Waals surface area contributed by atoms with Crippen molar-refractivity contribution >= 4 is 37.3 Å². The fraction of sp³-hybridized carbons (Fsp3) is 0.679. The number of benzene rings is 2. The standard InChI is InChI=1S/C56H87N2O10P/c1-3-5-7-9-11-13-15-17-19-21-23-25-27-37-55(61)65-46-51(68-56(62)38-28-26-24-22-20-18-16-14-12-10-8-6-4-2)47-67-69(63,64)66-44-43-57-53(59)41-42-54(60)58-45-50-35-30-29-33-48(50)39-40-49-34-31-32-36-52(49)58/h29-36,51H,3-28,37-38,41-47H2,1-2H3,(H,57,59)(H,63,64)/p-1/t51-/m1/s1. The Hall–Kier alpha value is -4.01. The van der Waals surface area contributed by atoms with E-state index in [1.54, 1.807) is 4.90 Å². The first-order chi connectivity index (χ1) is 33.6. The molecule has 2 atom stereocenters. The van der Waals surface area contributed by atoms with E-state index in [9.17, 15) is 28.6 Å². The number of ether oxygens (including phenoxy) is 2. The highest BCUT2D eigenvalue weighted by atomic mass is 31.2. The van der Waals surface area contributed by atoms with Gasteiger partial charge in [0.25, 0.3) is 7.82 Å². The Bertz CT molecular complexity index is 1860. The van der Waals surface area contributed by atoms with Crippen molar-refractivity contribution in [3.8, 4) is 11.8 Å². The van der Waals surface area contributed by atoms with Gasteiger partial charge in [-0.25, -0.2) is 0 Å². The predicted octanol–water partition coefficient (Wildman–Crippen LogP) is 12.7. The molecular formula is C56H86N2O10P-. The van der Waals surface area contributed by atoms with Gasteiger partial charge >= 0.3 is 11.9 Å². The molecule has 0 aromatic heterocycles. The van der Waals surface area contributed by atoms with E-state index in [1.807, 2.05) is 48.5 Å². The number of anilines is 1. The lowest BCUT2D eigenvalue weighted by Gasteiger charge is -2.26. The highest BCUT2D eigenvalue weighted by Gasteiger charge is 2.23. The maximum atomic E-state index is 13.5. The van der Waals surface area contributed by atoms with Gasteiger partial charge in [0.1, 0.15) is 6.61 Å². The normalized spacial score (nSPS) is 13.2. The molecule has 386 valence electrons. The van der Waals surface area contributed by atoms with Crippen LogP contribution in [0.4, 0.5) is 5.69 Å². The van der Waals surface area contributed by atoms with E-state index in [0.717, 1.165) is 49.7 Å². The molecule has 2 aromatic carbocycles. The number of amides is 2. The molecule has 0 fully saturated rings. The van der Waals surface area contributed by atoms with Crippen LogP contribution in [-0.4, -0.2) is 56.2 Å². The van der Waals surface area contributed by atoms with Gasteiger partial charge in [0.05, 0.1) is 25.4 Å². The summed E-state index contributed by atoms with van der Waals surface area (Å²) in [5.41, 5.74) is 3.11. The molecule has 0 saturated heterocycles. The Morgan fingerprint density at radius 3 is 1.64 bits per heavy atom. The summed E-state index contributed by atoms with van der Waals surface area (Å²) in [4.78, 5) is 66.1. The number of esters is 2. The van der Waals surface area contributed by atoms with Crippen molar-refractivity contribution in [1.82, 2.24) is 5.32 Å². The number of phosphoric ester groups is 1. The number of hydrogen-bond donors (Lipinski definition) is 1. The van der Waals surface area contributed by atoms with Gasteiger partial charge in [-0.3, -0.25) is 23.7 Å². The molecule has 3 rings (SSSR count). The minimum Gasteiger partial charge on any atom is -0.756 e. The molecule has 69 heavy (non-hydrogen) atoms. The largest absolute Gasteiger partial charge is 0.756 e. The van der Waals surface area contributed by atoms with Crippen molar-refractivity contribution < 1.29 is 47.2 Å². The van der Waals surface area contributed by atoms with Gasteiger partial charge in [0.2, 0.25) is 11.8 Å². The van der Waals surface area contributed by atoms with Crippen molar-refractivity contribution in [3.63, 3.8) is 0 Å². The lowest BCUT2D eigenvalue weighted by atomic mass is 10.0. The van der Waals surface area contributed by atoms with Gasteiger partial charge in [-0.2, -0.15) is 0 Å². The first-order valence-corrected chi connectivity index (χ1v) is 28.3. The number of para-hydroxylation sites is 1. The molecule has 1 aliphatic rings. The summed E-state index contributed by atoms with van der Waals surface area (Å²) in [6, 6.07) is 15.0. The number of nitrogens with zero attached hydrogens (tertiary/aromatic N) is 1. The first-order valence-electron chi connectivity index (χ1n) is 26.8. The Labute approximate surface area is 415 Å². The smallest absolute Gasteiger partial charge is 0.306 e. The van der Waals surface area contributed by atoms with E-state index in [0.29, 0.717) is 30.6 Å². The lowest BCUT2D eigenvalue weighted by molar-refractivity contribution is -0.228. The zero-order valence-corrected chi connectivity index (χ0v) is 43.3. The van der Waals surface area contributed by atoms with Crippen LogP contribution in [0.25, 0.3) is 0 Å². The molecule has 1 aliphatic heterocycles. The summed E-state index contributed by atoms with van der Waals surface area (Å²) in [6.45, 7) is 3.25. The van der Waals surface area contributed by atoms with Gasteiger partial charge in [-0.05, 0) is 36.6 Å². The van der Waals surface area contributed by atoms with Gasteiger partial charge in [0.15, 0.2) is 6.10 Å². The number of unbranched alkanes of at least 4 members (excludes halogenated alkanes) is 24. The maximum Gasteiger partial charge on any atom is 0.306 e. The highest BCUT2D eigenvalue weighted by molar-refractivity contribution is 7.45. The third-order valence-corrected chi connectivity index (χ3v) is 13.5. The number of nitrogens with one attached hydrogen (secondary N) is 1. The highest BCUT2D eigenvalue weighted by Crippen LogP contribution is 2.38. The molecular weight excluding hydrogens is 892 g/mol. The van der Waals surface area contributed by atoms with Crippen molar-refractivity contribution in [3.05, 3.63) is 65.2 Å². The molecule has 13 heteroatoms. The summed E-state index contributed by atoms with van der Waals surface area (Å²) >= 11 is 0. The Morgan fingerprint density at radius 1 is 0.594 bits per heavy atom. The number of carbonyl (C=O) groups excluding carboxylic acids is 4. The van der Waals surface area contributed by atoms with E-state index < -0.39 is 45.0 Å². The van der Waals surface area contributed by atoms with Crippen LogP contribution in [0.1, 0.15) is 223 Å². The number of hydrogen-bond acceptors (Lipinski definition) is 10. The lowest BCUT2D eigenvalue weighted by Crippen LogP contribution is -2.34. The molecule has 0 spiro atoms. The second-order valence-electron chi connectivity index (χ2n) is 18.6. The van der Waals surface area contributed by atoms with Gasteiger partial charge in [-0.1, -0.05) is 210 Å². The summed E-state index contributed by atoms with van der Waals surface area (Å²) in [5.74, 6) is 4.68. The van der Waals surface area contributed by atoms with Crippen LogP contribution in [0.5, 0.6) is 0 Å². The van der Waals surface area contributed by atoms with Crippen LogP contribution in [0.2, 0.25) is 0 Å². The van der Waals surface area contributed by atoms with E-state index >= 15 is 0 Å². The van der Waals surface area contributed by atoms with Crippen LogP contribution in [0.3, 0.4) is 0 Å². The zero-order valence-electron chi connectivity index (χ0n) is 42.4. The topological polar surface area (TPSA) is 161 Å². The Balaban J connectivity index is 1.37. The second-order valence-corrected chi connectivity index (χ2v) is 20.0. The van der Waals surface area contributed by atoms with Gasteiger partial charge in [0, 0.05) is 43.4 Å². The average molecular weight is 978 g/mol. The number of rotatable bonds is 41. The predicted molar refractivity (Wildman–Crippen MR) is 273 cm³/mol. The van der Waals surface area contributed by atoms with Crippen LogP contribution >= 0.6 is 7.82 Å². The minimum atomic E-state index is -4.91. The minimum absolute atomic E-state index is 0.0801. The second kappa shape index (κ2) is 37.8. The number of fused-ring (bicyclic) bond motifs is 2. The van der Waals surface area contributed by atoms with E-state index in [2.05, 4.69) is 31.0 Å². The van der Waals surface area contributed by atoms with E-state index in [-0.39, 0.29) is 44.7 Å². The molecule has 1 N–H and O–H groups in total. The van der Waals surface area contributed by atoms with Crippen molar-refractivity contribution in [2.24, 2.45) is 0 Å². The summed E-state index contributed by atoms with van der Waals surface area (Å²) in [5, 5.41) is 2.59. The van der Waals surface area contributed by atoms with Crippen LogP contribution in [0.15, 0.2) is 48.5 Å². The molecule has 12 nitrogen and oxygen atoms in total. The third-order valence-electron chi connectivity index (χ3n) is 12.5. The van der Waals surface area contributed by atoms with Crippen LogP contribution in [-0.2, 0) is 48.8 Å². The first kappa shape index (κ1) is 59.3. The van der Waals surface area contributed by atoms with E-state index in [4.69, 9.17) is 18.5 Å². The molecule has 0 aliphatic carbocycles. The Morgan fingerprint density at radius 2 is 1.07 bits per heavy atom. The Kier molecular flexibility index (Phi) is 32.5. The summed E-state index contributed by atoms with van der Waals surface area (Å²) in [6.07, 6.45) is 29.8. The summed E-state index contributed by atoms with van der Waals surface area (Å²) in [7, 11) is -4.91. The van der Waals surface area contributed by atoms with Crippen molar-refractivity contribution in [2.45, 2.75) is 219 Å². The zero-order chi connectivity index (χ0) is 49.6.